The predicted molar refractivity (Wildman–Crippen MR) is 106 cm³/mol. The quantitative estimate of drug-likeness (QED) is 0.685. The normalized spacial score (nSPS) is 14.3. The van der Waals surface area contributed by atoms with Crippen molar-refractivity contribution in [3.05, 3.63) is 53.7 Å². The van der Waals surface area contributed by atoms with E-state index in [-0.39, 0.29) is 16.9 Å². The molecule has 9 heteroatoms. The van der Waals surface area contributed by atoms with Crippen LogP contribution in [0.2, 0.25) is 0 Å². The Morgan fingerprint density at radius 1 is 1.24 bits per heavy atom. The maximum atomic E-state index is 12.6. The van der Waals surface area contributed by atoms with Gasteiger partial charge in [-0.2, -0.15) is 9.57 Å². The van der Waals surface area contributed by atoms with Gasteiger partial charge in [-0.25, -0.2) is 13.4 Å². The summed E-state index contributed by atoms with van der Waals surface area (Å²) >= 11 is 0. The molecular formula is C20H22N4O4S. The first-order chi connectivity index (χ1) is 13.9. The maximum absolute atomic E-state index is 12.6. The molecule has 3 rings (SSSR count). The summed E-state index contributed by atoms with van der Waals surface area (Å²) in [6.07, 6.45) is 1.31. The highest BCUT2D eigenvalue weighted by Gasteiger charge is 2.33. The fraction of sp³-hybridized carbons (Fsp3) is 0.350. The number of nitrogens with zero attached hydrogens (tertiary/aromatic N) is 4. The smallest absolute Gasteiger partial charge is 0.254 e. The topological polar surface area (TPSA) is 104 Å². The lowest BCUT2D eigenvalue weighted by Crippen LogP contribution is -2.56. The number of rotatable bonds is 7. The van der Waals surface area contributed by atoms with Crippen molar-refractivity contribution in [2.75, 3.05) is 26.2 Å². The average Bonchev–Trinajstić information content (AvgIpc) is 2.71. The molecule has 1 aliphatic rings. The molecule has 29 heavy (non-hydrogen) atoms. The van der Waals surface area contributed by atoms with Gasteiger partial charge in [0.25, 0.3) is 5.91 Å². The number of carbonyl (C=O) groups is 1. The number of ether oxygens (including phenoxy) is 1. The number of sulfonamides is 1. The fourth-order valence-electron chi connectivity index (χ4n) is 3.06. The zero-order chi connectivity index (χ0) is 21.0. The molecule has 152 valence electrons. The molecule has 1 fully saturated rings. The van der Waals surface area contributed by atoms with Crippen LogP contribution in [0.3, 0.4) is 0 Å². The van der Waals surface area contributed by atoms with Gasteiger partial charge in [0.15, 0.2) is 0 Å². The third-order valence-corrected chi connectivity index (χ3v) is 6.80. The number of nitriles is 1. The molecule has 0 unspecified atom stereocenters. The van der Waals surface area contributed by atoms with Gasteiger partial charge in [-0.15, -0.1) is 0 Å². The van der Waals surface area contributed by atoms with E-state index in [0.717, 1.165) is 0 Å². The molecule has 2 heterocycles. The van der Waals surface area contributed by atoms with Gasteiger partial charge in [0.2, 0.25) is 15.9 Å². The monoisotopic (exact) mass is 414 g/mol. The predicted octanol–water partition coefficient (Wildman–Crippen LogP) is 1.89. The standard InChI is InChI=1S/C20H22N4O4S/c1-3-24(4-2)29(26,27)18-7-5-16(6-8-18)20(25)23-13-17(14-23)28-19-11-15(12-21)9-10-22-19/h5-11,17H,3-4,13-14H2,1-2H3. The SMILES string of the molecule is CCN(CC)S(=O)(=O)c1ccc(C(=O)N2CC(Oc3cc(C#N)ccn3)C2)cc1. The molecule has 1 aromatic carbocycles. The first kappa shape index (κ1) is 20.8. The summed E-state index contributed by atoms with van der Waals surface area (Å²) in [6, 6.07) is 11.2. The number of carbonyl (C=O) groups excluding carboxylic acids is 1. The second kappa shape index (κ2) is 8.59. The Morgan fingerprint density at radius 3 is 2.48 bits per heavy atom. The maximum Gasteiger partial charge on any atom is 0.254 e. The van der Waals surface area contributed by atoms with Crippen molar-refractivity contribution in [2.45, 2.75) is 24.8 Å². The minimum atomic E-state index is -3.55. The van der Waals surface area contributed by atoms with E-state index >= 15 is 0 Å². The van der Waals surface area contributed by atoms with E-state index in [2.05, 4.69) is 4.98 Å². The Balaban J connectivity index is 1.60. The van der Waals surface area contributed by atoms with Crippen LogP contribution in [0, 0.1) is 11.3 Å². The van der Waals surface area contributed by atoms with E-state index in [1.54, 1.807) is 30.9 Å². The van der Waals surface area contributed by atoms with E-state index in [4.69, 9.17) is 10.00 Å². The fourth-order valence-corrected chi connectivity index (χ4v) is 4.52. The number of pyridine rings is 1. The first-order valence-electron chi connectivity index (χ1n) is 9.31. The average molecular weight is 414 g/mol. The van der Waals surface area contributed by atoms with Crippen LogP contribution in [0.15, 0.2) is 47.5 Å². The molecule has 1 aliphatic heterocycles. The van der Waals surface area contributed by atoms with E-state index in [1.807, 2.05) is 6.07 Å². The molecule has 8 nitrogen and oxygen atoms in total. The number of hydrogen-bond donors (Lipinski definition) is 0. The van der Waals surface area contributed by atoms with Gasteiger partial charge in [-0.3, -0.25) is 4.79 Å². The molecule has 1 aromatic heterocycles. The van der Waals surface area contributed by atoms with Crippen molar-refractivity contribution in [1.29, 1.82) is 5.26 Å². The van der Waals surface area contributed by atoms with E-state index in [1.165, 1.54) is 34.8 Å². The lowest BCUT2D eigenvalue weighted by atomic mass is 10.1. The number of hydrogen-bond acceptors (Lipinski definition) is 6. The Hall–Kier alpha value is -2.96. The minimum absolute atomic E-state index is 0.172. The molecular weight excluding hydrogens is 392 g/mol. The van der Waals surface area contributed by atoms with Gasteiger partial charge in [-0.05, 0) is 30.3 Å². The Kier molecular flexibility index (Phi) is 6.15. The van der Waals surface area contributed by atoms with Crippen LogP contribution in [0.4, 0.5) is 0 Å². The summed E-state index contributed by atoms with van der Waals surface area (Å²) in [7, 11) is -3.55. The zero-order valence-corrected chi connectivity index (χ0v) is 17.1. The molecule has 2 aromatic rings. The molecule has 0 aliphatic carbocycles. The highest BCUT2D eigenvalue weighted by molar-refractivity contribution is 7.89. The molecule has 1 amide bonds. The Bertz CT molecular complexity index is 1020. The second-order valence-electron chi connectivity index (χ2n) is 6.56. The van der Waals surface area contributed by atoms with Crippen molar-refractivity contribution in [3.8, 4) is 11.9 Å². The summed E-state index contributed by atoms with van der Waals surface area (Å²) in [6.45, 7) is 5.15. The Labute approximate surface area is 170 Å². The van der Waals surface area contributed by atoms with Crippen LogP contribution < -0.4 is 4.74 Å². The third-order valence-electron chi connectivity index (χ3n) is 4.73. The van der Waals surface area contributed by atoms with E-state index in [0.29, 0.717) is 43.2 Å². The van der Waals surface area contributed by atoms with Crippen LogP contribution in [0.25, 0.3) is 0 Å². The Morgan fingerprint density at radius 2 is 1.90 bits per heavy atom. The van der Waals surface area contributed by atoms with Gasteiger partial charge in [0.05, 0.1) is 29.6 Å². The van der Waals surface area contributed by atoms with Gasteiger partial charge >= 0.3 is 0 Å². The van der Waals surface area contributed by atoms with Gasteiger partial charge < -0.3 is 9.64 Å². The number of amides is 1. The van der Waals surface area contributed by atoms with Crippen LogP contribution >= 0.6 is 0 Å². The summed E-state index contributed by atoms with van der Waals surface area (Å²) in [5.41, 5.74) is 0.883. The van der Waals surface area contributed by atoms with Crippen molar-refractivity contribution >= 4 is 15.9 Å². The first-order valence-corrected chi connectivity index (χ1v) is 10.7. The molecule has 1 saturated heterocycles. The van der Waals surface area contributed by atoms with Crippen LogP contribution in [0.1, 0.15) is 29.8 Å². The van der Waals surface area contributed by atoms with E-state index in [9.17, 15) is 13.2 Å². The van der Waals surface area contributed by atoms with Crippen molar-refractivity contribution in [2.24, 2.45) is 0 Å². The highest BCUT2D eigenvalue weighted by Crippen LogP contribution is 2.21. The lowest BCUT2D eigenvalue weighted by molar-refractivity contribution is 0.0160. The van der Waals surface area contributed by atoms with Gasteiger partial charge in [-0.1, -0.05) is 13.8 Å². The largest absolute Gasteiger partial charge is 0.471 e. The summed E-state index contributed by atoms with van der Waals surface area (Å²) in [4.78, 5) is 18.4. The number of aromatic nitrogens is 1. The van der Waals surface area contributed by atoms with E-state index < -0.39 is 10.0 Å². The van der Waals surface area contributed by atoms with Crippen molar-refractivity contribution < 1.29 is 17.9 Å². The zero-order valence-electron chi connectivity index (χ0n) is 16.3. The van der Waals surface area contributed by atoms with Gasteiger partial charge in [0, 0.05) is 30.9 Å². The molecule has 0 N–H and O–H groups in total. The van der Waals surface area contributed by atoms with Crippen LogP contribution in [-0.2, 0) is 10.0 Å². The van der Waals surface area contributed by atoms with Crippen LogP contribution in [0.5, 0.6) is 5.88 Å². The van der Waals surface area contributed by atoms with Crippen LogP contribution in [-0.4, -0.2) is 60.8 Å². The third kappa shape index (κ3) is 4.39. The number of benzene rings is 1. The number of likely N-dealkylation sites (tertiary alicyclic amines) is 1. The molecule has 0 radical (unpaired) electrons. The second-order valence-corrected chi connectivity index (χ2v) is 8.50. The molecule has 0 spiro atoms. The summed E-state index contributed by atoms with van der Waals surface area (Å²) < 4.78 is 32.1. The molecule has 0 atom stereocenters. The minimum Gasteiger partial charge on any atom is -0.471 e. The summed E-state index contributed by atoms with van der Waals surface area (Å²) in [5, 5.41) is 8.91. The molecule has 0 saturated carbocycles. The summed E-state index contributed by atoms with van der Waals surface area (Å²) in [5.74, 6) is 0.169. The lowest BCUT2D eigenvalue weighted by Gasteiger charge is -2.38. The highest BCUT2D eigenvalue weighted by atomic mass is 32.2. The van der Waals surface area contributed by atoms with Crippen molar-refractivity contribution in [3.63, 3.8) is 0 Å². The van der Waals surface area contributed by atoms with Gasteiger partial charge in [0.1, 0.15) is 6.10 Å². The van der Waals surface area contributed by atoms with Crippen molar-refractivity contribution in [1.82, 2.24) is 14.2 Å². The molecule has 0 bridgehead atoms.